The maximum absolute atomic E-state index is 4.51. The Morgan fingerprint density at radius 2 is 1.93 bits per heavy atom. The molecule has 0 aliphatic rings. The summed E-state index contributed by atoms with van der Waals surface area (Å²) in [5.74, 6) is 0.621. The highest BCUT2D eigenvalue weighted by Gasteiger charge is 2.02. The Kier molecular flexibility index (Phi) is 2.81. The van der Waals surface area contributed by atoms with Crippen molar-refractivity contribution in [3.63, 3.8) is 0 Å². The van der Waals surface area contributed by atoms with Crippen LogP contribution in [0.1, 0.15) is 13.8 Å². The summed E-state index contributed by atoms with van der Waals surface area (Å²) in [6.07, 6.45) is 5.60. The predicted octanol–water partition coefficient (Wildman–Crippen LogP) is 2.60. The number of rotatable bonds is 3. The fourth-order valence-electron chi connectivity index (χ4n) is 1.51. The van der Waals surface area contributed by atoms with Crippen LogP contribution in [-0.4, -0.2) is 14.8 Å². The average Bonchev–Trinajstić information content (AvgIpc) is 2.67. The van der Waals surface area contributed by atoms with E-state index in [-0.39, 0.29) is 0 Å². The van der Waals surface area contributed by atoms with Crippen molar-refractivity contribution < 1.29 is 0 Å². The summed E-state index contributed by atoms with van der Waals surface area (Å²) >= 11 is 0. The third kappa shape index (κ3) is 2.43. The van der Waals surface area contributed by atoms with E-state index in [4.69, 9.17) is 0 Å². The van der Waals surface area contributed by atoms with Gasteiger partial charge in [-0.15, -0.1) is 0 Å². The second kappa shape index (κ2) is 4.26. The van der Waals surface area contributed by atoms with E-state index in [0.717, 1.165) is 17.8 Å². The molecule has 0 aliphatic heterocycles. The standard InChI is InChI=1S/C12H15N3/c1-10(2)9-15-8-5-12(14-15)11-3-6-13-7-4-11/h3-8,10H,9H2,1-2H3. The van der Waals surface area contributed by atoms with E-state index in [1.165, 1.54) is 0 Å². The zero-order valence-corrected chi connectivity index (χ0v) is 9.09. The smallest absolute Gasteiger partial charge is 0.0924 e. The summed E-state index contributed by atoms with van der Waals surface area (Å²) in [7, 11) is 0. The number of nitrogens with zero attached hydrogens (tertiary/aromatic N) is 3. The van der Waals surface area contributed by atoms with Crippen LogP contribution in [0.3, 0.4) is 0 Å². The van der Waals surface area contributed by atoms with Gasteiger partial charge in [0.1, 0.15) is 0 Å². The van der Waals surface area contributed by atoms with Gasteiger partial charge in [0.2, 0.25) is 0 Å². The lowest BCUT2D eigenvalue weighted by Crippen LogP contribution is -2.04. The minimum atomic E-state index is 0.621. The molecule has 0 spiro atoms. The Balaban J connectivity index is 2.21. The molecule has 0 aliphatic carbocycles. The van der Waals surface area contributed by atoms with E-state index in [2.05, 4.69) is 23.9 Å². The first-order valence-electron chi connectivity index (χ1n) is 5.19. The number of pyridine rings is 1. The van der Waals surface area contributed by atoms with Crippen LogP contribution in [0.5, 0.6) is 0 Å². The quantitative estimate of drug-likeness (QED) is 0.764. The summed E-state index contributed by atoms with van der Waals surface area (Å²) in [5, 5.41) is 4.51. The Morgan fingerprint density at radius 1 is 1.20 bits per heavy atom. The van der Waals surface area contributed by atoms with Crippen LogP contribution in [0.4, 0.5) is 0 Å². The maximum Gasteiger partial charge on any atom is 0.0924 e. The number of hydrogen-bond acceptors (Lipinski definition) is 2. The van der Waals surface area contributed by atoms with E-state index in [9.17, 15) is 0 Å². The Hall–Kier alpha value is -1.64. The fourth-order valence-corrected chi connectivity index (χ4v) is 1.51. The molecule has 0 radical (unpaired) electrons. The van der Waals surface area contributed by atoms with E-state index >= 15 is 0 Å². The topological polar surface area (TPSA) is 30.7 Å². The predicted molar refractivity (Wildman–Crippen MR) is 60.3 cm³/mol. The Labute approximate surface area is 89.8 Å². The molecule has 2 aromatic heterocycles. The van der Waals surface area contributed by atoms with Gasteiger partial charge in [0.15, 0.2) is 0 Å². The lowest BCUT2D eigenvalue weighted by molar-refractivity contribution is 0.484. The molecule has 0 aromatic carbocycles. The molecule has 2 rings (SSSR count). The lowest BCUT2D eigenvalue weighted by atomic mass is 10.2. The summed E-state index contributed by atoms with van der Waals surface area (Å²) in [6.45, 7) is 5.34. The maximum atomic E-state index is 4.51. The van der Waals surface area contributed by atoms with Crippen LogP contribution in [0.15, 0.2) is 36.8 Å². The van der Waals surface area contributed by atoms with Gasteiger partial charge in [0.25, 0.3) is 0 Å². The highest BCUT2D eigenvalue weighted by atomic mass is 15.3. The van der Waals surface area contributed by atoms with Crippen molar-refractivity contribution >= 4 is 0 Å². The van der Waals surface area contributed by atoms with Crippen molar-refractivity contribution in [2.24, 2.45) is 5.92 Å². The van der Waals surface area contributed by atoms with Crippen LogP contribution >= 0.6 is 0 Å². The molecule has 15 heavy (non-hydrogen) atoms. The van der Waals surface area contributed by atoms with Gasteiger partial charge in [0.05, 0.1) is 5.69 Å². The largest absolute Gasteiger partial charge is 0.272 e. The monoisotopic (exact) mass is 201 g/mol. The SMILES string of the molecule is CC(C)Cn1ccc(-c2ccncc2)n1. The molecule has 3 heteroatoms. The van der Waals surface area contributed by atoms with Gasteiger partial charge in [-0.2, -0.15) is 5.10 Å². The van der Waals surface area contributed by atoms with Gasteiger partial charge in [-0.3, -0.25) is 9.67 Å². The number of aromatic nitrogens is 3. The van der Waals surface area contributed by atoms with E-state index in [1.807, 2.05) is 29.1 Å². The molecular formula is C12H15N3. The van der Waals surface area contributed by atoms with Crippen LogP contribution in [0, 0.1) is 5.92 Å². The first-order valence-corrected chi connectivity index (χ1v) is 5.19. The zero-order chi connectivity index (χ0) is 10.7. The van der Waals surface area contributed by atoms with Crippen molar-refractivity contribution in [1.29, 1.82) is 0 Å². The minimum Gasteiger partial charge on any atom is -0.272 e. The molecule has 0 N–H and O–H groups in total. The molecular weight excluding hydrogens is 186 g/mol. The fraction of sp³-hybridized carbons (Fsp3) is 0.333. The van der Waals surface area contributed by atoms with Crippen molar-refractivity contribution in [2.75, 3.05) is 0 Å². The highest BCUT2D eigenvalue weighted by Crippen LogP contribution is 2.15. The molecule has 0 atom stereocenters. The van der Waals surface area contributed by atoms with Gasteiger partial charge in [0, 0.05) is 30.7 Å². The first kappa shape index (κ1) is 9.90. The first-order chi connectivity index (χ1) is 7.25. The minimum absolute atomic E-state index is 0.621. The second-order valence-electron chi connectivity index (χ2n) is 4.05. The molecule has 0 saturated heterocycles. The van der Waals surface area contributed by atoms with Crippen molar-refractivity contribution in [1.82, 2.24) is 14.8 Å². The summed E-state index contributed by atoms with van der Waals surface area (Å²) < 4.78 is 1.99. The van der Waals surface area contributed by atoms with Crippen LogP contribution < -0.4 is 0 Å². The van der Waals surface area contributed by atoms with Crippen LogP contribution in [0.2, 0.25) is 0 Å². The van der Waals surface area contributed by atoms with Crippen LogP contribution in [-0.2, 0) is 6.54 Å². The van der Waals surface area contributed by atoms with Gasteiger partial charge < -0.3 is 0 Å². The molecule has 0 amide bonds. The Bertz CT molecular complexity index is 417. The molecule has 0 bridgehead atoms. The molecule has 0 fully saturated rings. The third-order valence-corrected chi connectivity index (χ3v) is 2.17. The molecule has 2 heterocycles. The Morgan fingerprint density at radius 3 is 2.60 bits per heavy atom. The van der Waals surface area contributed by atoms with Crippen molar-refractivity contribution in [3.05, 3.63) is 36.8 Å². The van der Waals surface area contributed by atoms with E-state index < -0.39 is 0 Å². The third-order valence-electron chi connectivity index (χ3n) is 2.17. The molecule has 78 valence electrons. The van der Waals surface area contributed by atoms with Crippen molar-refractivity contribution in [3.8, 4) is 11.3 Å². The van der Waals surface area contributed by atoms with Gasteiger partial charge >= 0.3 is 0 Å². The van der Waals surface area contributed by atoms with E-state index in [1.54, 1.807) is 12.4 Å². The van der Waals surface area contributed by atoms with Gasteiger partial charge in [-0.05, 0) is 24.1 Å². The highest BCUT2D eigenvalue weighted by molar-refractivity contribution is 5.57. The summed E-state index contributed by atoms with van der Waals surface area (Å²) in [4.78, 5) is 3.99. The molecule has 2 aromatic rings. The van der Waals surface area contributed by atoms with Gasteiger partial charge in [-0.25, -0.2) is 0 Å². The normalized spacial score (nSPS) is 10.9. The number of hydrogen-bond donors (Lipinski definition) is 0. The zero-order valence-electron chi connectivity index (χ0n) is 9.09. The second-order valence-corrected chi connectivity index (χ2v) is 4.05. The average molecular weight is 201 g/mol. The van der Waals surface area contributed by atoms with E-state index in [0.29, 0.717) is 5.92 Å². The molecule has 3 nitrogen and oxygen atoms in total. The summed E-state index contributed by atoms with van der Waals surface area (Å²) in [6, 6.07) is 5.99. The van der Waals surface area contributed by atoms with Crippen LogP contribution in [0.25, 0.3) is 11.3 Å². The van der Waals surface area contributed by atoms with Gasteiger partial charge in [-0.1, -0.05) is 13.8 Å². The summed E-state index contributed by atoms with van der Waals surface area (Å²) in [5.41, 5.74) is 2.13. The molecule has 0 saturated carbocycles. The molecule has 0 unspecified atom stereocenters. The van der Waals surface area contributed by atoms with Crippen molar-refractivity contribution in [2.45, 2.75) is 20.4 Å². The lowest BCUT2D eigenvalue weighted by Gasteiger charge is -2.03.